The van der Waals surface area contributed by atoms with E-state index in [1.165, 1.54) is 0 Å². The van der Waals surface area contributed by atoms with Crippen molar-refractivity contribution in [2.45, 2.75) is 94.4 Å². The van der Waals surface area contributed by atoms with E-state index in [1.54, 1.807) is 29.9 Å². The molecule has 1 fully saturated rings. The molecule has 38 heavy (non-hydrogen) atoms. The van der Waals surface area contributed by atoms with Crippen molar-refractivity contribution in [3.63, 3.8) is 0 Å². The van der Waals surface area contributed by atoms with Gasteiger partial charge in [0.15, 0.2) is 5.78 Å². The molecule has 0 saturated heterocycles. The summed E-state index contributed by atoms with van der Waals surface area (Å²) in [5, 5.41) is 3.61. The Balaban J connectivity index is 0.00000172. The van der Waals surface area contributed by atoms with Crippen molar-refractivity contribution in [2.75, 3.05) is 5.32 Å². The number of pyridine rings is 2. The fraction of sp³-hybridized carbons (Fsp3) is 0.516. The average Bonchev–Trinajstić information content (AvgIpc) is 3.78. The van der Waals surface area contributed by atoms with Gasteiger partial charge in [-0.05, 0) is 58.1 Å². The maximum absolute atomic E-state index is 13.3. The Morgan fingerprint density at radius 3 is 2.29 bits per heavy atom. The summed E-state index contributed by atoms with van der Waals surface area (Å²) in [5.74, 6) is 0.506. The minimum absolute atomic E-state index is 0.0213. The summed E-state index contributed by atoms with van der Waals surface area (Å²) in [7, 11) is 1.71. The van der Waals surface area contributed by atoms with Crippen molar-refractivity contribution >= 4 is 39.7 Å². The minimum atomic E-state index is -0.182. The number of hydrogen-bond acceptors (Lipinski definition) is 5. The lowest BCUT2D eigenvalue weighted by Gasteiger charge is -2.14. The van der Waals surface area contributed by atoms with E-state index in [-0.39, 0.29) is 23.2 Å². The van der Waals surface area contributed by atoms with Crippen LogP contribution < -0.4 is 10.9 Å². The molecule has 208 valence electrons. The van der Waals surface area contributed by atoms with Crippen LogP contribution in [0, 0.1) is 5.92 Å². The number of Topliss-reactive ketones (excluding diaryl/α,β-unsaturated/α-hetero) is 1. The number of aliphatic imine (C=N–C) groups is 1. The number of aryl methyl sites for hydroxylation is 1. The molecule has 0 aromatic carbocycles. The molecular formula is C31H46N4O3. The number of ketones is 1. The fourth-order valence-electron chi connectivity index (χ4n) is 3.90. The maximum atomic E-state index is 13.3. The molecule has 0 bridgehead atoms. The lowest BCUT2D eigenvalue weighted by molar-refractivity contribution is -0.117. The first-order valence-corrected chi connectivity index (χ1v) is 14.0. The highest BCUT2D eigenvalue weighted by Gasteiger charge is 2.29. The number of carbonyl (C=O) groups is 2. The standard InChI is InChI=1S/C27H34N4O3.2C2H6/c1-7-10-23(32)25(16(4)8-2)29-17(5)20(9-3)21-13-19-15-28-24(30-26(33)18-11-12-18)14-22(19)31(6)27(21)34;2*1-2/h9,13-15,18H,7-8,10-12H2,1-6H3,(H,28,30,33);2*1-2H3/b20-9+,25-16+,29-17+;;. The summed E-state index contributed by atoms with van der Waals surface area (Å²) in [5.41, 5.74) is 3.71. The molecule has 1 aliphatic rings. The van der Waals surface area contributed by atoms with Crippen LogP contribution in [-0.4, -0.2) is 27.0 Å². The molecule has 0 atom stereocenters. The molecule has 1 amide bonds. The van der Waals surface area contributed by atoms with E-state index < -0.39 is 0 Å². The highest BCUT2D eigenvalue weighted by molar-refractivity contribution is 6.24. The summed E-state index contributed by atoms with van der Waals surface area (Å²) in [4.78, 5) is 47.2. The van der Waals surface area contributed by atoms with Crippen molar-refractivity contribution in [2.24, 2.45) is 18.0 Å². The number of rotatable bonds is 9. The third-order valence-corrected chi connectivity index (χ3v) is 6.23. The van der Waals surface area contributed by atoms with Gasteiger partial charge < -0.3 is 9.88 Å². The number of nitrogens with zero attached hydrogens (tertiary/aromatic N) is 3. The highest BCUT2D eigenvalue weighted by atomic mass is 16.2. The van der Waals surface area contributed by atoms with E-state index in [4.69, 9.17) is 4.99 Å². The van der Waals surface area contributed by atoms with E-state index >= 15 is 0 Å². The molecule has 2 heterocycles. The SMILES string of the molecule is CC.CC.C\C=C(/C(C)=N/C(C(=O)CCC)=C(\C)CC)c1cc2cnc(NC(=O)C3CC3)cc2n(C)c1=O. The molecule has 0 spiro atoms. The van der Waals surface area contributed by atoms with Crippen LogP contribution in [-0.2, 0) is 16.6 Å². The van der Waals surface area contributed by atoms with Gasteiger partial charge in [0.2, 0.25) is 5.91 Å². The van der Waals surface area contributed by atoms with Crippen molar-refractivity contribution in [1.82, 2.24) is 9.55 Å². The Morgan fingerprint density at radius 1 is 1.13 bits per heavy atom. The highest BCUT2D eigenvalue weighted by Crippen LogP contribution is 2.30. The van der Waals surface area contributed by atoms with E-state index in [1.807, 2.05) is 68.4 Å². The topological polar surface area (TPSA) is 93.4 Å². The van der Waals surface area contributed by atoms with Crippen molar-refractivity contribution < 1.29 is 9.59 Å². The summed E-state index contributed by atoms with van der Waals surface area (Å²) < 4.78 is 1.56. The predicted octanol–water partition coefficient (Wildman–Crippen LogP) is 7.25. The number of anilines is 1. The summed E-state index contributed by atoms with van der Waals surface area (Å²) in [6.45, 7) is 17.6. The molecule has 1 aliphatic carbocycles. The number of amides is 1. The predicted molar refractivity (Wildman–Crippen MR) is 161 cm³/mol. The second-order valence-electron chi connectivity index (χ2n) is 8.87. The number of nitrogens with one attached hydrogen (secondary N) is 1. The van der Waals surface area contributed by atoms with Crippen molar-refractivity contribution in [1.29, 1.82) is 0 Å². The monoisotopic (exact) mass is 522 g/mol. The van der Waals surface area contributed by atoms with Crippen molar-refractivity contribution in [3.05, 3.63) is 51.6 Å². The first kappa shape index (κ1) is 32.7. The zero-order chi connectivity index (χ0) is 29.0. The lowest BCUT2D eigenvalue weighted by Crippen LogP contribution is -2.23. The molecule has 1 N–H and O–H groups in total. The van der Waals surface area contributed by atoms with E-state index in [2.05, 4.69) is 10.3 Å². The Bertz CT molecular complexity index is 1280. The van der Waals surface area contributed by atoms with Crippen LogP contribution in [0.15, 0.2) is 45.5 Å². The summed E-state index contributed by atoms with van der Waals surface area (Å²) in [6, 6.07) is 3.53. The second-order valence-corrected chi connectivity index (χ2v) is 8.87. The van der Waals surface area contributed by atoms with Crippen LogP contribution in [0.3, 0.4) is 0 Å². The molecule has 2 aromatic rings. The lowest BCUT2D eigenvalue weighted by atomic mass is 10.0. The van der Waals surface area contributed by atoms with Gasteiger partial charge in [-0.2, -0.15) is 0 Å². The number of allylic oxidation sites excluding steroid dienone is 4. The molecule has 1 saturated carbocycles. The van der Waals surface area contributed by atoms with Gasteiger partial charge in [-0.3, -0.25) is 14.4 Å². The molecule has 0 aliphatic heterocycles. The number of carbonyl (C=O) groups excluding carboxylic acids is 2. The minimum Gasteiger partial charge on any atom is -0.311 e. The van der Waals surface area contributed by atoms with Crippen molar-refractivity contribution in [3.8, 4) is 0 Å². The number of fused-ring (bicyclic) bond motifs is 1. The zero-order valence-corrected chi connectivity index (χ0v) is 25.0. The summed E-state index contributed by atoms with van der Waals surface area (Å²) in [6.07, 6.45) is 7.26. The van der Waals surface area contributed by atoms with Crippen LogP contribution in [0.4, 0.5) is 5.82 Å². The molecule has 0 radical (unpaired) electrons. The maximum Gasteiger partial charge on any atom is 0.258 e. The van der Waals surface area contributed by atoms with Gasteiger partial charge in [0.1, 0.15) is 11.5 Å². The largest absolute Gasteiger partial charge is 0.311 e. The molecule has 7 heteroatoms. The third-order valence-electron chi connectivity index (χ3n) is 6.23. The van der Waals surface area contributed by atoms with Crippen LogP contribution in [0.1, 0.15) is 100.0 Å². The Labute approximate surface area is 228 Å². The summed E-state index contributed by atoms with van der Waals surface area (Å²) >= 11 is 0. The molecule has 2 aromatic heterocycles. The smallest absolute Gasteiger partial charge is 0.258 e. The molecule has 0 unspecified atom stereocenters. The van der Waals surface area contributed by atoms with E-state index in [9.17, 15) is 14.4 Å². The number of aromatic nitrogens is 2. The molecule has 7 nitrogen and oxygen atoms in total. The molecular weight excluding hydrogens is 476 g/mol. The van der Waals surface area contributed by atoms with E-state index in [0.717, 1.165) is 36.6 Å². The second kappa shape index (κ2) is 15.8. The van der Waals surface area contributed by atoms with Gasteiger partial charge in [0, 0.05) is 53.9 Å². The first-order valence-electron chi connectivity index (χ1n) is 14.0. The van der Waals surface area contributed by atoms with Crippen LogP contribution in [0.5, 0.6) is 0 Å². The third kappa shape index (κ3) is 8.07. The van der Waals surface area contributed by atoms with Crippen LogP contribution >= 0.6 is 0 Å². The van der Waals surface area contributed by atoms with E-state index in [0.29, 0.717) is 40.3 Å². The van der Waals surface area contributed by atoms with Crippen LogP contribution in [0.25, 0.3) is 16.5 Å². The van der Waals surface area contributed by atoms with Gasteiger partial charge in [-0.1, -0.05) is 47.6 Å². The molecule has 3 rings (SSSR count). The van der Waals surface area contributed by atoms with Crippen LogP contribution in [0.2, 0.25) is 0 Å². The van der Waals surface area contributed by atoms with Gasteiger partial charge in [0.25, 0.3) is 5.56 Å². The average molecular weight is 523 g/mol. The quantitative estimate of drug-likeness (QED) is 0.277. The van der Waals surface area contributed by atoms with Gasteiger partial charge in [-0.15, -0.1) is 0 Å². The van der Waals surface area contributed by atoms with Gasteiger partial charge >= 0.3 is 0 Å². The Morgan fingerprint density at radius 2 is 1.76 bits per heavy atom. The Hall–Kier alpha value is -3.35. The Kier molecular flexibility index (Phi) is 13.6. The van der Waals surface area contributed by atoms with Gasteiger partial charge in [0.05, 0.1) is 5.52 Å². The fourth-order valence-corrected chi connectivity index (χ4v) is 3.90. The first-order chi connectivity index (χ1) is 18.2. The normalized spacial score (nSPS) is 14.1. The zero-order valence-electron chi connectivity index (χ0n) is 25.0. The van der Waals surface area contributed by atoms with Gasteiger partial charge in [-0.25, -0.2) is 9.98 Å². The number of hydrogen-bond donors (Lipinski definition) is 1.